The van der Waals surface area contributed by atoms with Gasteiger partial charge in [-0.05, 0) is 45.4 Å². The molecule has 1 aromatic carbocycles. The number of hydrogen-bond acceptors (Lipinski definition) is 4. The zero-order chi connectivity index (χ0) is 17.1. The topological polar surface area (TPSA) is 54.5 Å². The van der Waals surface area contributed by atoms with Gasteiger partial charge in [0.25, 0.3) is 0 Å². The molecule has 6 heteroatoms. The van der Waals surface area contributed by atoms with E-state index < -0.39 is 0 Å². The normalized spacial score (nSPS) is 11.9. The summed E-state index contributed by atoms with van der Waals surface area (Å²) < 4.78 is 5.30. The molecule has 0 fully saturated rings. The maximum Gasteiger partial charge on any atom is 0.322 e. The van der Waals surface area contributed by atoms with Crippen LogP contribution in [0.5, 0.6) is 5.75 Å². The summed E-state index contributed by atoms with van der Waals surface area (Å²) >= 11 is 1.65. The molecule has 1 heterocycles. The van der Waals surface area contributed by atoms with Gasteiger partial charge >= 0.3 is 6.03 Å². The molecule has 5 nitrogen and oxygen atoms in total. The lowest BCUT2D eigenvalue weighted by atomic mass is 10.2. The van der Waals surface area contributed by atoms with Gasteiger partial charge in [0, 0.05) is 11.9 Å². The molecule has 0 saturated heterocycles. The molecule has 1 unspecified atom stereocenters. The van der Waals surface area contributed by atoms with Crippen molar-refractivity contribution >= 4 is 23.1 Å². The Bertz CT molecular complexity index is 712. The van der Waals surface area contributed by atoms with E-state index in [0.717, 1.165) is 21.1 Å². The van der Waals surface area contributed by atoms with Gasteiger partial charge < -0.3 is 15.0 Å². The number of aryl methyl sites for hydroxylation is 3. The van der Waals surface area contributed by atoms with Gasteiger partial charge in [-0.1, -0.05) is 6.07 Å². The highest BCUT2D eigenvalue weighted by Crippen LogP contribution is 2.28. The van der Waals surface area contributed by atoms with E-state index >= 15 is 0 Å². The van der Waals surface area contributed by atoms with E-state index in [9.17, 15) is 4.79 Å². The Morgan fingerprint density at radius 1 is 1.35 bits per heavy atom. The molecule has 2 rings (SSSR count). The second-order valence-corrected chi connectivity index (χ2v) is 7.00. The lowest BCUT2D eigenvalue weighted by Crippen LogP contribution is -2.34. The summed E-state index contributed by atoms with van der Waals surface area (Å²) in [4.78, 5) is 19.9. The van der Waals surface area contributed by atoms with E-state index in [0.29, 0.717) is 11.4 Å². The second-order valence-electron chi connectivity index (χ2n) is 5.60. The number of anilines is 1. The molecule has 0 radical (unpaired) electrons. The van der Waals surface area contributed by atoms with Crippen LogP contribution in [0.15, 0.2) is 18.2 Å². The Labute approximate surface area is 141 Å². The fourth-order valence-electron chi connectivity index (χ4n) is 2.41. The molecule has 1 N–H and O–H groups in total. The van der Waals surface area contributed by atoms with Crippen molar-refractivity contribution < 1.29 is 9.53 Å². The predicted molar refractivity (Wildman–Crippen MR) is 94.5 cm³/mol. The lowest BCUT2D eigenvalue weighted by Gasteiger charge is -2.25. The summed E-state index contributed by atoms with van der Waals surface area (Å²) in [5.74, 6) is 0.644. The second kappa shape index (κ2) is 7.00. The number of ether oxygens (including phenoxy) is 1. The molecule has 0 bridgehead atoms. The standard InChI is InChI=1S/C17H23N3O2S/c1-10-7-8-15(22-6)14(9-10)19-17(21)20(5)11(2)16-12(3)23-13(4)18-16/h7-9,11H,1-6H3,(H,19,21). The Kier molecular flexibility index (Phi) is 5.26. The molecular weight excluding hydrogens is 310 g/mol. The highest BCUT2D eigenvalue weighted by Gasteiger charge is 2.22. The number of thiazole rings is 1. The number of aromatic nitrogens is 1. The van der Waals surface area contributed by atoms with Crippen LogP contribution in [0.1, 0.15) is 34.1 Å². The Hall–Kier alpha value is -2.08. The predicted octanol–water partition coefficient (Wildman–Crippen LogP) is 4.30. The third-order valence-corrected chi connectivity index (χ3v) is 4.74. The first-order valence-corrected chi connectivity index (χ1v) is 8.27. The van der Waals surface area contributed by atoms with Crippen LogP contribution in [0, 0.1) is 20.8 Å². The van der Waals surface area contributed by atoms with Gasteiger partial charge in [-0.2, -0.15) is 0 Å². The van der Waals surface area contributed by atoms with Gasteiger partial charge in [0.05, 0.1) is 29.5 Å². The molecule has 0 aliphatic heterocycles. The Balaban J connectivity index is 2.17. The summed E-state index contributed by atoms with van der Waals surface area (Å²) in [5, 5.41) is 3.93. The van der Waals surface area contributed by atoms with Crippen molar-refractivity contribution in [1.29, 1.82) is 0 Å². The molecular formula is C17H23N3O2S. The number of nitrogens with zero attached hydrogens (tertiary/aromatic N) is 2. The average Bonchev–Trinajstić information content (AvgIpc) is 2.84. The van der Waals surface area contributed by atoms with Gasteiger partial charge in [-0.15, -0.1) is 11.3 Å². The summed E-state index contributed by atoms with van der Waals surface area (Å²) in [6.45, 7) is 7.97. The summed E-state index contributed by atoms with van der Waals surface area (Å²) in [6, 6.07) is 5.40. The van der Waals surface area contributed by atoms with Crippen LogP contribution in [-0.2, 0) is 0 Å². The summed E-state index contributed by atoms with van der Waals surface area (Å²) in [5.41, 5.74) is 2.67. The number of hydrogen-bond donors (Lipinski definition) is 1. The van der Waals surface area contributed by atoms with E-state index in [1.807, 2.05) is 45.9 Å². The van der Waals surface area contributed by atoms with Gasteiger partial charge in [0.15, 0.2) is 0 Å². The van der Waals surface area contributed by atoms with Crippen LogP contribution >= 0.6 is 11.3 Å². The third-order valence-electron chi connectivity index (χ3n) is 3.83. The van der Waals surface area contributed by atoms with Crippen molar-refractivity contribution in [1.82, 2.24) is 9.88 Å². The summed E-state index contributed by atoms with van der Waals surface area (Å²) in [7, 11) is 3.37. The minimum absolute atomic E-state index is 0.101. The quantitative estimate of drug-likeness (QED) is 0.907. The Morgan fingerprint density at radius 3 is 2.61 bits per heavy atom. The van der Waals surface area contributed by atoms with Gasteiger partial charge in [0.2, 0.25) is 0 Å². The molecule has 23 heavy (non-hydrogen) atoms. The van der Waals surface area contributed by atoms with Crippen molar-refractivity contribution in [3.8, 4) is 5.75 Å². The van der Waals surface area contributed by atoms with Crippen LogP contribution in [0.25, 0.3) is 0 Å². The van der Waals surface area contributed by atoms with Crippen molar-refractivity contribution in [2.45, 2.75) is 33.7 Å². The van der Waals surface area contributed by atoms with Gasteiger partial charge in [0.1, 0.15) is 5.75 Å². The highest BCUT2D eigenvalue weighted by molar-refractivity contribution is 7.11. The first-order chi connectivity index (χ1) is 10.8. The van der Waals surface area contributed by atoms with Crippen LogP contribution in [0.3, 0.4) is 0 Å². The van der Waals surface area contributed by atoms with Crippen molar-refractivity contribution in [3.05, 3.63) is 39.3 Å². The molecule has 0 saturated carbocycles. The highest BCUT2D eigenvalue weighted by atomic mass is 32.1. The number of benzene rings is 1. The van der Waals surface area contributed by atoms with Crippen molar-refractivity contribution in [3.63, 3.8) is 0 Å². The molecule has 2 aromatic rings. The molecule has 0 spiro atoms. The average molecular weight is 333 g/mol. The number of amides is 2. The van der Waals surface area contributed by atoms with Crippen molar-refractivity contribution in [2.75, 3.05) is 19.5 Å². The molecule has 0 aliphatic carbocycles. The smallest absolute Gasteiger partial charge is 0.322 e. The number of carbonyl (C=O) groups excluding carboxylic acids is 1. The zero-order valence-corrected chi connectivity index (χ0v) is 15.2. The van der Waals surface area contributed by atoms with Gasteiger partial charge in [-0.25, -0.2) is 9.78 Å². The van der Waals surface area contributed by atoms with Crippen LogP contribution in [0.4, 0.5) is 10.5 Å². The third kappa shape index (κ3) is 3.82. The van der Waals surface area contributed by atoms with E-state index in [1.165, 1.54) is 0 Å². The van der Waals surface area contributed by atoms with Crippen LogP contribution < -0.4 is 10.1 Å². The van der Waals surface area contributed by atoms with Crippen molar-refractivity contribution in [2.24, 2.45) is 0 Å². The van der Waals surface area contributed by atoms with E-state index in [-0.39, 0.29) is 12.1 Å². The van der Waals surface area contributed by atoms with E-state index in [1.54, 1.807) is 30.4 Å². The first-order valence-electron chi connectivity index (χ1n) is 7.46. The number of rotatable bonds is 4. The lowest BCUT2D eigenvalue weighted by molar-refractivity contribution is 0.207. The monoisotopic (exact) mass is 333 g/mol. The molecule has 124 valence electrons. The van der Waals surface area contributed by atoms with E-state index in [2.05, 4.69) is 10.3 Å². The van der Waals surface area contributed by atoms with Crippen LogP contribution in [0.2, 0.25) is 0 Å². The van der Waals surface area contributed by atoms with Crippen LogP contribution in [-0.4, -0.2) is 30.1 Å². The number of nitrogens with one attached hydrogen (secondary N) is 1. The summed E-state index contributed by atoms with van der Waals surface area (Å²) in [6.07, 6.45) is 0. The number of urea groups is 1. The van der Waals surface area contributed by atoms with E-state index in [4.69, 9.17) is 4.74 Å². The maximum atomic E-state index is 12.6. The molecule has 1 aromatic heterocycles. The number of carbonyl (C=O) groups is 1. The largest absolute Gasteiger partial charge is 0.495 e. The fraction of sp³-hybridized carbons (Fsp3) is 0.412. The zero-order valence-electron chi connectivity index (χ0n) is 14.4. The maximum absolute atomic E-state index is 12.6. The fourth-order valence-corrected chi connectivity index (χ4v) is 3.32. The Morgan fingerprint density at radius 2 is 2.04 bits per heavy atom. The minimum atomic E-state index is -0.188. The SMILES string of the molecule is COc1ccc(C)cc1NC(=O)N(C)C(C)c1nc(C)sc1C. The molecule has 0 aliphatic rings. The number of methoxy groups -OCH3 is 1. The first kappa shape index (κ1) is 17.3. The molecule has 2 amide bonds. The van der Waals surface area contributed by atoms with Gasteiger partial charge in [-0.3, -0.25) is 0 Å². The minimum Gasteiger partial charge on any atom is -0.495 e. The molecule has 1 atom stereocenters.